The number of nitrogens with zero attached hydrogens (tertiary/aromatic N) is 2. The summed E-state index contributed by atoms with van der Waals surface area (Å²) >= 11 is 0. The van der Waals surface area contributed by atoms with Crippen molar-refractivity contribution in [3.63, 3.8) is 0 Å². The third kappa shape index (κ3) is 4.40. The largest absolute Gasteiger partial charge is 0.490 e. The van der Waals surface area contributed by atoms with Crippen LogP contribution in [0, 0.1) is 11.3 Å². The molecular weight excluding hydrogens is 382 g/mol. The highest BCUT2D eigenvalue weighted by Crippen LogP contribution is 2.38. The van der Waals surface area contributed by atoms with Crippen molar-refractivity contribution in [2.45, 2.75) is 34.1 Å². The van der Waals surface area contributed by atoms with Crippen molar-refractivity contribution in [3.8, 4) is 5.75 Å². The molecule has 0 unspecified atom stereocenters. The van der Waals surface area contributed by atoms with Crippen LogP contribution in [-0.4, -0.2) is 29.5 Å². The fourth-order valence-electron chi connectivity index (χ4n) is 3.30. The molecule has 1 aliphatic heterocycles. The zero-order valence-electron chi connectivity index (χ0n) is 18.2. The lowest BCUT2D eigenvalue weighted by atomic mass is 9.92. The number of ether oxygens (including phenoxy) is 1. The van der Waals surface area contributed by atoms with Crippen molar-refractivity contribution in [2.75, 3.05) is 23.4 Å². The number of aromatic nitrogens is 1. The third-order valence-electron chi connectivity index (χ3n) is 5.22. The molecule has 1 aromatic carbocycles. The van der Waals surface area contributed by atoms with E-state index in [1.54, 1.807) is 42.4 Å². The molecule has 0 saturated carbocycles. The molecule has 1 N–H and O–H groups in total. The van der Waals surface area contributed by atoms with Crippen LogP contribution in [0.4, 0.5) is 11.4 Å². The maximum absolute atomic E-state index is 13.2. The predicted octanol–water partition coefficient (Wildman–Crippen LogP) is 3.44. The minimum absolute atomic E-state index is 0.0118. The minimum atomic E-state index is -0.657. The summed E-state index contributed by atoms with van der Waals surface area (Å²) in [6, 6.07) is 8.35. The molecule has 2 amide bonds. The van der Waals surface area contributed by atoms with E-state index in [0.717, 1.165) is 6.42 Å². The fraction of sp³-hybridized carbons (Fsp3) is 0.435. The molecule has 1 aromatic heterocycles. The van der Waals surface area contributed by atoms with Crippen molar-refractivity contribution in [1.29, 1.82) is 0 Å². The monoisotopic (exact) mass is 411 g/mol. The Kier molecular flexibility index (Phi) is 6.01. The fourth-order valence-corrected chi connectivity index (χ4v) is 3.30. The molecule has 0 spiro atoms. The average Bonchev–Trinajstić information content (AvgIpc) is 2.77. The van der Waals surface area contributed by atoms with Crippen LogP contribution in [-0.2, 0) is 11.8 Å². The minimum Gasteiger partial charge on any atom is -0.490 e. The van der Waals surface area contributed by atoms with Crippen LogP contribution in [0.1, 0.15) is 44.5 Å². The first-order valence-electron chi connectivity index (χ1n) is 10.2. The Morgan fingerprint density at radius 1 is 1.23 bits per heavy atom. The summed E-state index contributed by atoms with van der Waals surface area (Å²) in [4.78, 5) is 39.8. The number of carbonyl (C=O) groups is 2. The summed E-state index contributed by atoms with van der Waals surface area (Å²) in [5, 5.41) is 2.77. The molecule has 2 heterocycles. The molecule has 30 heavy (non-hydrogen) atoms. The van der Waals surface area contributed by atoms with Gasteiger partial charge in [-0.05, 0) is 56.5 Å². The van der Waals surface area contributed by atoms with E-state index in [-0.39, 0.29) is 23.6 Å². The lowest BCUT2D eigenvalue weighted by Gasteiger charge is -2.28. The number of fused-ring (bicyclic) bond motifs is 1. The summed E-state index contributed by atoms with van der Waals surface area (Å²) in [5.41, 5.74) is 0.152. The second kappa shape index (κ2) is 8.34. The summed E-state index contributed by atoms with van der Waals surface area (Å²) < 4.78 is 7.28. The quantitative estimate of drug-likeness (QED) is 0.817. The highest BCUT2D eigenvalue weighted by molar-refractivity contribution is 6.05. The van der Waals surface area contributed by atoms with Gasteiger partial charge >= 0.3 is 0 Å². The topological polar surface area (TPSA) is 80.6 Å². The van der Waals surface area contributed by atoms with Crippen molar-refractivity contribution >= 4 is 23.2 Å². The van der Waals surface area contributed by atoms with Gasteiger partial charge in [0.05, 0.1) is 11.1 Å². The zero-order chi connectivity index (χ0) is 22.1. The zero-order valence-corrected chi connectivity index (χ0v) is 18.2. The standard InChI is InChI=1S/C23H29N3O4/c1-15(2)10-12-26-18-13-16(8-9-19(18)30-14-23(3,4)22(26)29)24-20(27)17-7-6-11-25(5)21(17)28/h6-9,11,13,15H,10,12,14H2,1-5H3,(H,24,27). The Labute approximate surface area is 176 Å². The van der Waals surface area contributed by atoms with Gasteiger partial charge in [0, 0.05) is 25.5 Å². The van der Waals surface area contributed by atoms with Gasteiger partial charge in [0.15, 0.2) is 0 Å². The van der Waals surface area contributed by atoms with Crippen LogP contribution in [0.15, 0.2) is 41.3 Å². The summed E-state index contributed by atoms with van der Waals surface area (Å²) in [7, 11) is 1.60. The lowest BCUT2D eigenvalue weighted by Crippen LogP contribution is -2.42. The van der Waals surface area contributed by atoms with Gasteiger partial charge in [0.2, 0.25) is 5.91 Å². The van der Waals surface area contributed by atoms with E-state index in [0.29, 0.717) is 29.6 Å². The Bertz CT molecular complexity index is 1020. The summed E-state index contributed by atoms with van der Waals surface area (Å²) in [6.07, 6.45) is 2.44. The number of hydrogen-bond acceptors (Lipinski definition) is 4. The Balaban J connectivity index is 1.95. The number of nitrogens with one attached hydrogen (secondary N) is 1. The van der Waals surface area contributed by atoms with E-state index in [1.807, 2.05) is 13.8 Å². The van der Waals surface area contributed by atoms with Crippen LogP contribution in [0.5, 0.6) is 5.75 Å². The number of amides is 2. The van der Waals surface area contributed by atoms with Gasteiger partial charge in [-0.25, -0.2) is 0 Å². The van der Waals surface area contributed by atoms with Crippen LogP contribution in [0.3, 0.4) is 0 Å². The highest BCUT2D eigenvalue weighted by atomic mass is 16.5. The Hall–Kier alpha value is -3.09. The van der Waals surface area contributed by atoms with Gasteiger partial charge in [0.1, 0.15) is 17.9 Å². The molecule has 1 aliphatic rings. The van der Waals surface area contributed by atoms with Crippen LogP contribution < -0.4 is 20.5 Å². The molecule has 0 fully saturated rings. The summed E-state index contributed by atoms with van der Waals surface area (Å²) in [6.45, 7) is 8.81. The van der Waals surface area contributed by atoms with Crippen molar-refractivity contribution in [3.05, 3.63) is 52.4 Å². The smallest absolute Gasteiger partial charge is 0.263 e. The molecule has 0 bridgehead atoms. The Morgan fingerprint density at radius 2 is 1.97 bits per heavy atom. The number of pyridine rings is 1. The van der Waals surface area contributed by atoms with E-state index < -0.39 is 11.3 Å². The average molecular weight is 412 g/mol. The van der Waals surface area contributed by atoms with Crippen molar-refractivity contribution in [2.24, 2.45) is 18.4 Å². The van der Waals surface area contributed by atoms with Crippen LogP contribution in [0.2, 0.25) is 0 Å². The molecule has 0 atom stereocenters. The van der Waals surface area contributed by atoms with E-state index in [2.05, 4.69) is 19.2 Å². The second-order valence-corrected chi connectivity index (χ2v) is 8.79. The van der Waals surface area contributed by atoms with E-state index in [9.17, 15) is 14.4 Å². The number of carbonyl (C=O) groups excluding carboxylic acids is 2. The molecule has 7 nitrogen and oxygen atoms in total. The van der Waals surface area contributed by atoms with Crippen LogP contribution >= 0.6 is 0 Å². The van der Waals surface area contributed by atoms with E-state index >= 15 is 0 Å². The number of anilines is 2. The Morgan fingerprint density at radius 3 is 2.67 bits per heavy atom. The van der Waals surface area contributed by atoms with Gasteiger partial charge in [-0.2, -0.15) is 0 Å². The van der Waals surface area contributed by atoms with E-state index in [4.69, 9.17) is 4.74 Å². The van der Waals surface area contributed by atoms with Crippen molar-refractivity contribution < 1.29 is 14.3 Å². The van der Waals surface area contributed by atoms with Gasteiger partial charge in [-0.15, -0.1) is 0 Å². The number of benzene rings is 1. The molecule has 0 saturated heterocycles. The maximum Gasteiger partial charge on any atom is 0.263 e. The first kappa shape index (κ1) is 21.6. The molecular formula is C23H29N3O4. The molecule has 7 heteroatoms. The van der Waals surface area contributed by atoms with E-state index in [1.165, 1.54) is 10.6 Å². The van der Waals surface area contributed by atoms with Gasteiger partial charge in [0.25, 0.3) is 11.5 Å². The highest BCUT2D eigenvalue weighted by Gasteiger charge is 2.37. The lowest BCUT2D eigenvalue weighted by molar-refractivity contribution is -0.127. The van der Waals surface area contributed by atoms with Gasteiger partial charge in [-0.3, -0.25) is 14.4 Å². The van der Waals surface area contributed by atoms with Gasteiger partial charge < -0.3 is 19.5 Å². The predicted molar refractivity (Wildman–Crippen MR) is 117 cm³/mol. The second-order valence-electron chi connectivity index (χ2n) is 8.79. The number of aryl methyl sites for hydroxylation is 1. The first-order chi connectivity index (χ1) is 14.1. The van der Waals surface area contributed by atoms with Crippen LogP contribution in [0.25, 0.3) is 0 Å². The number of rotatable bonds is 5. The SMILES string of the molecule is CC(C)CCN1C(=O)C(C)(C)COc2ccc(NC(=O)c3cccn(C)c3=O)cc21. The molecule has 2 aromatic rings. The normalized spacial score (nSPS) is 15.4. The summed E-state index contributed by atoms with van der Waals surface area (Å²) in [5.74, 6) is 0.533. The molecule has 160 valence electrons. The molecule has 0 radical (unpaired) electrons. The third-order valence-corrected chi connectivity index (χ3v) is 5.22. The molecule has 3 rings (SSSR count). The maximum atomic E-state index is 13.2. The number of hydrogen-bond donors (Lipinski definition) is 1. The molecule has 0 aliphatic carbocycles. The van der Waals surface area contributed by atoms with Gasteiger partial charge in [-0.1, -0.05) is 13.8 Å². The first-order valence-corrected chi connectivity index (χ1v) is 10.2. The van der Waals surface area contributed by atoms with Crippen molar-refractivity contribution in [1.82, 2.24) is 4.57 Å².